The van der Waals surface area contributed by atoms with E-state index < -0.39 is 22.8 Å². The van der Waals surface area contributed by atoms with Gasteiger partial charge in [-0.3, -0.25) is 19.7 Å². The predicted molar refractivity (Wildman–Crippen MR) is 137 cm³/mol. The summed E-state index contributed by atoms with van der Waals surface area (Å²) in [4.78, 5) is 46.8. The predicted octanol–water partition coefficient (Wildman–Crippen LogP) is 3.76. The summed E-state index contributed by atoms with van der Waals surface area (Å²) in [5, 5.41) is 34.6. The topological polar surface area (TPSA) is 169 Å². The highest BCUT2D eigenvalue weighted by atomic mass is 32.2. The molecule has 0 aliphatic carbocycles. The van der Waals surface area contributed by atoms with Gasteiger partial charge in [-0.15, -0.1) is 10.2 Å². The molecule has 0 unspecified atom stereocenters. The number of non-ortho nitro benzene ring substituents is 1. The van der Waals surface area contributed by atoms with Gasteiger partial charge >= 0.3 is 5.97 Å². The number of benzene rings is 2. The van der Waals surface area contributed by atoms with Crippen LogP contribution in [0.5, 0.6) is 0 Å². The van der Waals surface area contributed by atoms with E-state index in [2.05, 4.69) is 20.8 Å². The number of nitro groups is 1. The molecule has 3 aromatic rings. The Morgan fingerprint density at radius 1 is 1.11 bits per heavy atom. The van der Waals surface area contributed by atoms with Crippen LogP contribution >= 0.6 is 11.8 Å². The van der Waals surface area contributed by atoms with Crippen LogP contribution in [0, 0.1) is 16.0 Å². The van der Waals surface area contributed by atoms with Gasteiger partial charge < -0.3 is 20.3 Å². The number of nitro benzene ring substituents is 1. The van der Waals surface area contributed by atoms with Gasteiger partial charge in [0.15, 0.2) is 11.0 Å². The van der Waals surface area contributed by atoms with Gasteiger partial charge in [-0.25, -0.2) is 4.79 Å². The summed E-state index contributed by atoms with van der Waals surface area (Å²) in [6, 6.07) is 10.8. The molecule has 1 aromatic heterocycles. The van der Waals surface area contributed by atoms with Gasteiger partial charge in [-0.2, -0.15) is 0 Å². The average molecular weight is 527 g/mol. The van der Waals surface area contributed by atoms with E-state index in [4.69, 9.17) is 5.11 Å². The summed E-state index contributed by atoms with van der Waals surface area (Å²) in [6.07, 6.45) is 0. The second-order valence-corrected chi connectivity index (χ2v) is 9.25. The van der Waals surface area contributed by atoms with Crippen molar-refractivity contribution >= 4 is 40.9 Å². The highest BCUT2D eigenvalue weighted by molar-refractivity contribution is 7.99. The lowest BCUT2D eigenvalue weighted by Crippen LogP contribution is -2.33. The van der Waals surface area contributed by atoms with Gasteiger partial charge in [0.1, 0.15) is 0 Å². The molecule has 12 nitrogen and oxygen atoms in total. The summed E-state index contributed by atoms with van der Waals surface area (Å²) in [6.45, 7) is 6.19. The van der Waals surface area contributed by atoms with Crippen molar-refractivity contribution in [1.82, 2.24) is 20.1 Å². The Balaban J connectivity index is 1.70. The van der Waals surface area contributed by atoms with E-state index in [1.807, 2.05) is 20.8 Å². The van der Waals surface area contributed by atoms with E-state index in [-0.39, 0.29) is 34.4 Å². The van der Waals surface area contributed by atoms with Gasteiger partial charge in [0.2, 0.25) is 5.91 Å². The monoisotopic (exact) mass is 526 g/mol. The molecule has 3 rings (SSSR count). The first-order chi connectivity index (χ1) is 17.6. The summed E-state index contributed by atoms with van der Waals surface area (Å²) in [7, 11) is 0. The highest BCUT2D eigenvalue weighted by Crippen LogP contribution is 2.26. The number of carboxylic acid groups (broad SMARTS) is 1. The Bertz CT molecular complexity index is 1310. The molecule has 0 saturated heterocycles. The number of carbonyl (C=O) groups is 3. The molecule has 0 aliphatic rings. The fourth-order valence-corrected chi connectivity index (χ4v) is 4.28. The zero-order valence-corrected chi connectivity index (χ0v) is 21.2. The number of aromatic carboxylic acids is 1. The molecule has 2 aromatic carbocycles. The van der Waals surface area contributed by atoms with Gasteiger partial charge in [-0.05, 0) is 43.2 Å². The van der Waals surface area contributed by atoms with E-state index in [0.29, 0.717) is 23.2 Å². The van der Waals surface area contributed by atoms with Gasteiger partial charge in [0.05, 0.1) is 22.3 Å². The van der Waals surface area contributed by atoms with Crippen molar-refractivity contribution in [2.75, 3.05) is 11.1 Å². The largest absolute Gasteiger partial charge is 0.478 e. The first kappa shape index (κ1) is 27.3. The molecule has 1 heterocycles. The SMILES string of the molecule is CCn1c(SCC(=O)Nc2ccc(C(=O)O)cc2)nnc1[C@H](NC(=O)c1cccc([N+](=O)[O-])c1)C(C)C. The van der Waals surface area contributed by atoms with Crippen LogP contribution in [-0.4, -0.2) is 48.3 Å². The number of aromatic nitrogens is 3. The van der Waals surface area contributed by atoms with Crippen LogP contribution in [0.1, 0.15) is 53.4 Å². The minimum atomic E-state index is -1.05. The summed E-state index contributed by atoms with van der Waals surface area (Å²) in [5.41, 5.74) is 0.565. The van der Waals surface area contributed by atoms with E-state index in [1.54, 1.807) is 4.57 Å². The Morgan fingerprint density at radius 2 is 1.81 bits per heavy atom. The molecule has 0 aliphatic heterocycles. The van der Waals surface area contributed by atoms with Crippen LogP contribution in [0.15, 0.2) is 53.7 Å². The number of nitrogens with one attached hydrogen (secondary N) is 2. The van der Waals surface area contributed by atoms with Crippen molar-refractivity contribution in [3.05, 3.63) is 75.6 Å². The van der Waals surface area contributed by atoms with Crippen LogP contribution in [0.4, 0.5) is 11.4 Å². The minimum absolute atomic E-state index is 0.0329. The summed E-state index contributed by atoms with van der Waals surface area (Å²) >= 11 is 1.17. The van der Waals surface area contributed by atoms with Crippen molar-refractivity contribution in [2.24, 2.45) is 5.92 Å². The van der Waals surface area contributed by atoms with Crippen molar-refractivity contribution < 1.29 is 24.4 Å². The zero-order chi connectivity index (χ0) is 27.1. The fraction of sp³-hybridized carbons (Fsp3) is 0.292. The standard InChI is InChI=1S/C24H26N6O6S/c1-4-29-21(20(14(2)3)26-22(32)16-6-5-7-18(12-16)30(35)36)27-28-24(29)37-13-19(31)25-17-10-8-15(9-11-17)23(33)34/h5-12,14,20H,4,13H2,1-3H3,(H,25,31)(H,26,32)(H,33,34)/t20-/m1/s1. The van der Waals surface area contributed by atoms with Crippen LogP contribution < -0.4 is 10.6 Å². The van der Waals surface area contributed by atoms with E-state index >= 15 is 0 Å². The number of carbonyl (C=O) groups excluding carboxylic acids is 2. The Labute approximate surface area is 216 Å². The number of amides is 2. The van der Waals surface area contributed by atoms with Crippen molar-refractivity contribution in [1.29, 1.82) is 0 Å². The minimum Gasteiger partial charge on any atom is -0.478 e. The second-order valence-electron chi connectivity index (χ2n) is 8.31. The third-order valence-corrected chi connectivity index (χ3v) is 6.33. The number of carboxylic acids is 1. The maximum Gasteiger partial charge on any atom is 0.335 e. The molecule has 0 fully saturated rings. The fourth-order valence-electron chi connectivity index (χ4n) is 3.47. The lowest BCUT2D eigenvalue weighted by molar-refractivity contribution is -0.384. The molecule has 2 amide bonds. The van der Waals surface area contributed by atoms with Gasteiger partial charge in [-0.1, -0.05) is 31.7 Å². The van der Waals surface area contributed by atoms with E-state index in [1.165, 1.54) is 60.3 Å². The molecule has 3 N–H and O–H groups in total. The molecule has 1 atom stereocenters. The molecule has 0 radical (unpaired) electrons. The molecule has 0 spiro atoms. The first-order valence-electron chi connectivity index (χ1n) is 11.3. The number of thioether (sulfide) groups is 1. The van der Waals surface area contributed by atoms with Crippen LogP contribution in [-0.2, 0) is 11.3 Å². The molecule has 0 saturated carbocycles. The summed E-state index contributed by atoms with van der Waals surface area (Å²) < 4.78 is 1.80. The van der Waals surface area contributed by atoms with Crippen molar-refractivity contribution in [2.45, 2.75) is 38.5 Å². The maximum absolute atomic E-state index is 12.9. The number of rotatable bonds is 11. The van der Waals surface area contributed by atoms with Crippen LogP contribution in [0.2, 0.25) is 0 Å². The average Bonchev–Trinajstić information content (AvgIpc) is 3.28. The van der Waals surface area contributed by atoms with Gasteiger partial charge in [0, 0.05) is 29.9 Å². The number of anilines is 1. The molecular weight excluding hydrogens is 500 g/mol. The number of nitrogens with zero attached hydrogens (tertiary/aromatic N) is 4. The summed E-state index contributed by atoms with van der Waals surface area (Å²) in [5.74, 6) is -1.37. The normalized spacial score (nSPS) is 11.7. The number of hydrogen-bond donors (Lipinski definition) is 3. The smallest absolute Gasteiger partial charge is 0.335 e. The quantitative estimate of drug-likeness (QED) is 0.191. The molecule has 0 bridgehead atoms. The van der Waals surface area contributed by atoms with Gasteiger partial charge in [0.25, 0.3) is 11.6 Å². The van der Waals surface area contributed by atoms with E-state index in [9.17, 15) is 24.5 Å². The molecule has 37 heavy (non-hydrogen) atoms. The van der Waals surface area contributed by atoms with Crippen molar-refractivity contribution in [3.8, 4) is 0 Å². The Hall–Kier alpha value is -4.26. The van der Waals surface area contributed by atoms with Crippen LogP contribution in [0.25, 0.3) is 0 Å². The first-order valence-corrected chi connectivity index (χ1v) is 12.3. The van der Waals surface area contributed by atoms with Crippen molar-refractivity contribution in [3.63, 3.8) is 0 Å². The molecular formula is C24H26N6O6S. The van der Waals surface area contributed by atoms with Crippen LogP contribution in [0.3, 0.4) is 0 Å². The third kappa shape index (κ3) is 6.91. The third-order valence-electron chi connectivity index (χ3n) is 5.36. The maximum atomic E-state index is 12.9. The highest BCUT2D eigenvalue weighted by Gasteiger charge is 2.26. The second kappa shape index (κ2) is 12.1. The lowest BCUT2D eigenvalue weighted by Gasteiger charge is -2.22. The Morgan fingerprint density at radius 3 is 2.41 bits per heavy atom. The number of hydrogen-bond acceptors (Lipinski definition) is 8. The Kier molecular flexibility index (Phi) is 8.95. The molecule has 194 valence electrons. The van der Waals surface area contributed by atoms with E-state index in [0.717, 1.165) is 0 Å². The zero-order valence-electron chi connectivity index (χ0n) is 20.4. The lowest BCUT2D eigenvalue weighted by atomic mass is 10.0. The molecule has 13 heteroatoms.